The number of aliphatic hydroxyl groups excluding tert-OH is 1. The maximum absolute atomic E-state index is 10.9. The molecule has 0 rings (SSSR count). The standard InChI is InChI=1S/C10H20O3.C2H6O/c1-4-5-6-7-12-10(11)13-8-9(2)3;1-2-3/h9H,4-8H2,1-3H3;3H,2H2,1H3. The highest BCUT2D eigenvalue weighted by Gasteiger charge is 2.03. The van der Waals surface area contributed by atoms with Crippen molar-refractivity contribution in [3.05, 3.63) is 0 Å². The molecule has 4 nitrogen and oxygen atoms in total. The highest BCUT2D eigenvalue weighted by Crippen LogP contribution is 1.98. The number of hydrogen-bond acceptors (Lipinski definition) is 4. The fraction of sp³-hybridized carbons (Fsp3) is 0.917. The summed E-state index contributed by atoms with van der Waals surface area (Å²) in [4.78, 5) is 10.9. The molecule has 4 heteroatoms. The van der Waals surface area contributed by atoms with Gasteiger partial charge in [0.25, 0.3) is 0 Å². The highest BCUT2D eigenvalue weighted by molar-refractivity contribution is 5.59. The SMILES string of the molecule is CCCCCOC(=O)OCC(C)C.CCO. The van der Waals surface area contributed by atoms with Crippen LogP contribution < -0.4 is 0 Å². The Morgan fingerprint density at radius 1 is 1.19 bits per heavy atom. The predicted molar refractivity (Wildman–Crippen MR) is 64.4 cm³/mol. The number of carbonyl (C=O) groups excluding carboxylic acids is 1. The molecular weight excluding hydrogens is 208 g/mol. The van der Waals surface area contributed by atoms with Crippen LogP contribution in [0.4, 0.5) is 4.79 Å². The van der Waals surface area contributed by atoms with Crippen molar-refractivity contribution in [2.45, 2.75) is 47.0 Å². The zero-order valence-electron chi connectivity index (χ0n) is 11.0. The maximum Gasteiger partial charge on any atom is 0.508 e. The van der Waals surface area contributed by atoms with Gasteiger partial charge in [0, 0.05) is 6.61 Å². The molecule has 0 radical (unpaired) electrons. The van der Waals surface area contributed by atoms with E-state index in [-0.39, 0.29) is 6.61 Å². The maximum atomic E-state index is 10.9. The second-order valence-electron chi connectivity index (χ2n) is 3.83. The average Bonchev–Trinajstić information content (AvgIpc) is 2.23. The number of hydrogen-bond donors (Lipinski definition) is 1. The van der Waals surface area contributed by atoms with Crippen molar-refractivity contribution in [3.8, 4) is 0 Å². The van der Waals surface area contributed by atoms with Gasteiger partial charge in [-0.05, 0) is 19.3 Å². The van der Waals surface area contributed by atoms with Gasteiger partial charge in [-0.2, -0.15) is 0 Å². The minimum atomic E-state index is -0.537. The molecule has 0 aromatic heterocycles. The van der Waals surface area contributed by atoms with E-state index in [4.69, 9.17) is 14.6 Å². The minimum Gasteiger partial charge on any atom is -0.434 e. The second kappa shape index (κ2) is 14.2. The lowest BCUT2D eigenvalue weighted by molar-refractivity contribution is 0.0465. The van der Waals surface area contributed by atoms with E-state index in [2.05, 4.69) is 6.92 Å². The molecule has 0 heterocycles. The van der Waals surface area contributed by atoms with Gasteiger partial charge in [-0.3, -0.25) is 0 Å². The van der Waals surface area contributed by atoms with Gasteiger partial charge in [-0.25, -0.2) is 4.79 Å². The molecule has 0 amide bonds. The number of unbranched alkanes of at least 4 members (excludes halogenated alkanes) is 2. The van der Waals surface area contributed by atoms with E-state index >= 15 is 0 Å². The predicted octanol–water partition coefficient (Wildman–Crippen LogP) is 2.98. The van der Waals surface area contributed by atoms with E-state index in [9.17, 15) is 4.79 Å². The van der Waals surface area contributed by atoms with E-state index in [1.165, 1.54) is 0 Å². The Morgan fingerprint density at radius 2 is 1.75 bits per heavy atom. The summed E-state index contributed by atoms with van der Waals surface area (Å²) in [6, 6.07) is 0. The zero-order chi connectivity index (χ0) is 12.8. The molecule has 0 aromatic carbocycles. The van der Waals surface area contributed by atoms with Gasteiger partial charge >= 0.3 is 6.16 Å². The van der Waals surface area contributed by atoms with Crippen LogP contribution in [0.2, 0.25) is 0 Å². The third-order valence-electron chi connectivity index (χ3n) is 1.50. The van der Waals surface area contributed by atoms with Crippen LogP contribution in [0.5, 0.6) is 0 Å². The number of ether oxygens (including phenoxy) is 2. The molecule has 0 bridgehead atoms. The van der Waals surface area contributed by atoms with Gasteiger partial charge in [0.1, 0.15) is 0 Å². The van der Waals surface area contributed by atoms with Gasteiger partial charge in [-0.1, -0.05) is 33.6 Å². The normalized spacial score (nSPS) is 9.38. The smallest absolute Gasteiger partial charge is 0.434 e. The van der Waals surface area contributed by atoms with Crippen LogP contribution >= 0.6 is 0 Å². The molecule has 0 aliphatic heterocycles. The summed E-state index contributed by atoms with van der Waals surface area (Å²) in [5.74, 6) is 0.364. The third kappa shape index (κ3) is 18.9. The van der Waals surface area contributed by atoms with Crippen molar-refractivity contribution < 1.29 is 19.4 Å². The Bertz CT molecular complexity index is 146. The minimum absolute atomic E-state index is 0.250. The van der Waals surface area contributed by atoms with Gasteiger partial charge < -0.3 is 14.6 Å². The molecule has 98 valence electrons. The van der Waals surface area contributed by atoms with E-state index in [1.54, 1.807) is 6.92 Å². The zero-order valence-corrected chi connectivity index (χ0v) is 11.0. The lowest BCUT2D eigenvalue weighted by Gasteiger charge is -2.07. The van der Waals surface area contributed by atoms with E-state index in [0.717, 1.165) is 19.3 Å². The summed E-state index contributed by atoms with van der Waals surface area (Å²) in [7, 11) is 0. The van der Waals surface area contributed by atoms with Crippen LogP contribution in [0.15, 0.2) is 0 Å². The first-order valence-corrected chi connectivity index (χ1v) is 5.98. The number of carbonyl (C=O) groups is 1. The van der Waals surface area contributed by atoms with Crippen LogP contribution in [-0.2, 0) is 9.47 Å². The topological polar surface area (TPSA) is 55.8 Å². The van der Waals surface area contributed by atoms with Gasteiger partial charge in [0.15, 0.2) is 0 Å². The molecule has 1 N–H and O–H groups in total. The molecule has 16 heavy (non-hydrogen) atoms. The molecule has 0 spiro atoms. The number of aliphatic hydroxyl groups is 1. The van der Waals surface area contributed by atoms with E-state index in [1.807, 2.05) is 13.8 Å². The lowest BCUT2D eigenvalue weighted by atomic mass is 10.2. The van der Waals surface area contributed by atoms with E-state index < -0.39 is 6.16 Å². The van der Waals surface area contributed by atoms with Crippen molar-refractivity contribution in [2.75, 3.05) is 19.8 Å². The Labute approximate surface area is 98.9 Å². The fourth-order valence-corrected chi connectivity index (χ4v) is 0.784. The molecule has 0 aromatic rings. The molecule has 0 aliphatic carbocycles. The Balaban J connectivity index is 0. The second-order valence-corrected chi connectivity index (χ2v) is 3.83. The first-order chi connectivity index (χ1) is 7.58. The molecule has 0 atom stereocenters. The molecule has 0 fully saturated rings. The van der Waals surface area contributed by atoms with Crippen LogP contribution in [0.1, 0.15) is 47.0 Å². The summed E-state index contributed by atoms with van der Waals surface area (Å²) in [5, 5.41) is 7.57. The monoisotopic (exact) mass is 234 g/mol. The number of rotatable bonds is 6. The molecule has 0 saturated heterocycles. The Kier molecular flexibility index (Phi) is 15.7. The van der Waals surface area contributed by atoms with Gasteiger partial charge in [0.2, 0.25) is 0 Å². The highest BCUT2D eigenvalue weighted by atomic mass is 16.7. The fourth-order valence-electron chi connectivity index (χ4n) is 0.784. The molecule has 0 saturated carbocycles. The van der Waals surface area contributed by atoms with Crippen molar-refractivity contribution in [1.29, 1.82) is 0 Å². The molecular formula is C12H26O4. The summed E-state index contributed by atoms with van der Waals surface area (Å²) < 4.78 is 9.66. The quantitative estimate of drug-likeness (QED) is 0.567. The van der Waals surface area contributed by atoms with Gasteiger partial charge in [-0.15, -0.1) is 0 Å². The van der Waals surface area contributed by atoms with Crippen LogP contribution in [0.25, 0.3) is 0 Å². The van der Waals surface area contributed by atoms with E-state index in [0.29, 0.717) is 19.1 Å². The van der Waals surface area contributed by atoms with Gasteiger partial charge in [0.05, 0.1) is 13.2 Å². The van der Waals surface area contributed by atoms with Crippen molar-refractivity contribution in [3.63, 3.8) is 0 Å². The first-order valence-electron chi connectivity index (χ1n) is 5.98. The Morgan fingerprint density at radius 3 is 2.19 bits per heavy atom. The van der Waals surface area contributed by atoms with Crippen molar-refractivity contribution >= 4 is 6.16 Å². The summed E-state index contributed by atoms with van der Waals surface area (Å²) in [5.41, 5.74) is 0. The van der Waals surface area contributed by atoms with Crippen LogP contribution in [0, 0.1) is 5.92 Å². The average molecular weight is 234 g/mol. The van der Waals surface area contributed by atoms with Crippen LogP contribution in [0.3, 0.4) is 0 Å². The summed E-state index contributed by atoms with van der Waals surface area (Å²) in [6.07, 6.45) is 2.61. The van der Waals surface area contributed by atoms with Crippen LogP contribution in [-0.4, -0.2) is 31.1 Å². The third-order valence-corrected chi connectivity index (χ3v) is 1.50. The van der Waals surface area contributed by atoms with Crippen molar-refractivity contribution in [2.24, 2.45) is 5.92 Å². The summed E-state index contributed by atoms with van der Waals surface area (Å²) >= 11 is 0. The lowest BCUT2D eigenvalue weighted by Crippen LogP contribution is -2.12. The molecule has 0 unspecified atom stereocenters. The summed E-state index contributed by atoms with van der Waals surface area (Å²) in [6.45, 7) is 8.93. The van der Waals surface area contributed by atoms with Crippen molar-refractivity contribution in [1.82, 2.24) is 0 Å². The molecule has 0 aliphatic rings. The largest absolute Gasteiger partial charge is 0.508 e. The Hall–Kier alpha value is -0.770. The first kappa shape index (κ1) is 17.6.